The molecule has 5 heteroatoms. The zero-order valence-corrected chi connectivity index (χ0v) is 11.6. The maximum Gasteiger partial charge on any atom is 0.150 e. The third-order valence-corrected chi connectivity index (χ3v) is 3.66. The van der Waals surface area contributed by atoms with Crippen LogP contribution in [0.15, 0.2) is 29.6 Å². The largest absolute Gasteiger partial charge is 0.358 e. The van der Waals surface area contributed by atoms with Gasteiger partial charge in [0.25, 0.3) is 0 Å². The van der Waals surface area contributed by atoms with Crippen molar-refractivity contribution in [1.82, 2.24) is 15.5 Å². The lowest BCUT2D eigenvalue weighted by Crippen LogP contribution is -2.21. The number of likely N-dealkylation sites (N-methyl/N-ethyl adjacent to an activating group) is 1. The van der Waals surface area contributed by atoms with Gasteiger partial charge in [-0.2, -0.15) is 5.10 Å². The number of aromatic nitrogens is 2. The number of anilines is 1. The molecular formula is C13H18N4S. The predicted octanol–water partition coefficient (Wildman–Crippen LogP) is 1.94. The number of nitrogens with zero attached hydrogens (tertiary/aromatic N) is 3. The van der Waals surface area contributed by atoms with Crippen molar-refractivity contribution >= 4 is 17.2 Å². The maximum absolute atomic E-state index is 4.24. The van der Waals surface area contributed by atoms with Crippen molar-refractivity contribution < 1.29 is 0 Å². The Morgan fingerprint density at radius 2 is 2.17 bits per heavy atom. The first kappa shape index (κ1) is 13.0. The smallest absolute Gasteiger partial charge is 0.150 e. The van der Waals surface area contributed by atoms with E-state index in [1.165, 1.54) is 4.88 Å². The molecule has 0 amide bonds. The summed E-state index contributed by atoms with van der Waals surface area (Å²) in [6.07, 6.45) is 1.05. The van der Waals surface area contributed by atoms with E-state index in [1.54, 1.807) is 11.3 Å². The van der Waals surface area contributed by atoms with Crippen LogP contribution in [0.5, 0.6) is 0 Å². The van der Waals surface area contributed by atoms with E-state index in [0.717, 1.165) is 31.0 Å². The topological polar surface area (TPSA) is 41.0 Å². The maximum atomic E-state index is 4.24. The lowest BCUT2D eigenvalue weighted by Gasteiger charge is -2.17. The van der Waals surface area contributed by atoms with Crippen LogP contribution < -0.4 is 10.2 Å². The van der Waals surface area contributed by atoms with Gasteiger partial charge in [0.05, 0.1) is 5.69 Å². The average molecular weight is 262 g/mol. The van der Waals surface area contributed by atoms with Gasteiger partial charge in [0.1, 0.15) is 0 Å². The standard InChI is InChI=1S/C13H18N4S/c1-14-10-11-5-6-13(16-15-11)17(2)8-7-12-4-3-9-18-12/h3-6,9,14H,7-8,10H2,1-2H3. The van der Waals surface area contributed by atoms with E-state index >= 15 is 0 Å². The van der Waals surface area contributed by atoms with Crippen molar-refractivity contribution in [2.45, 2.75) is 13.0 Å². The van der Waals surface area contributed by atoms with Gasteiger partial charge in [-0.05, 0) is 37.0 Å². The van der Waals surface area contributed by atoms with Crippen LogP contribution >= 0.6 is 11.3 Å². The lowest BCUT2D eigenvalue weighted by molar-refractivity contribution is 0.758. The summed E-state index contributed by atoms with van der Waals surface area (Å²) in [6, 6.07) is 8.29. The Kier molecular flexibility index (Phi) is 4.66. The molecule has 4 nitrogen and oxygen atoms in total. The Hall–Kier alpha value is -1.46. The van der Waals surface area contributed by atoms with Gasteiger partial charge in [-0.3, -0.25) is 0 Å². The summed E-state index contributed by atoms with van der Waals surface area (Å²) >= 11 is 1.80. The quantitative estimate of drug-likeness (QED) is 0.864. The number of nitrogens with one attached hydrogen (secondary N) is 1. The Bertz CT molecular complexity index is 452. The van der Waals surface area contributed by atoms with E-state index in [4.69, 9.17) is 0 Å². The third-order valence-electron chi connectivity index (χ3n) is 2.73. The Morgan fingerprint density at radius 3 is 2.78 bits per heavy atom. The first-order valence-corrected chi connectivity index (χ1v) is 6.88. The number of hydrogen-bond acceptors (Lipinski definition) is 5. The fourth-order valence-electron chi connectivity index (χ4n) is 1.68. The summed E-state index contributed by atoms with van der Waals surface area (Å²) in [5, 5.41) is 13.6. The van der Waals surface area contributed by atoms with Crippen LogP contribution in [0.4, 0.5) is 5.82 Å². The SMILES string of the molecule is CNCc1ccc(N(C)CCc2cccs2)nn1. The molecular weight excluding hydrogens is 244 g/mol. The normalized spacial score (nSPS) is 10.6. The first-order valence-electron chi connectivity index (χ1n) is 6.00. The second-order valence-corrected chi connectivity index (χ2v) is 5.20. The molecule has 0 aliphatic carbocycles. The van der Waals surface area contributed by atoms with Crippen molar-refractivity contribution in [3.05, 3.63) is 40.2 Å². The molecule has 2 rings (SSSR count). The average Bonchev–Trinajstić information content (AvgIpc) is 2.90. The monoisotopic (exact) mass is 262 g/mol. The fourth-order valence-corrected chi connectivity index (χ4v) is 2.38. The molecule has 18 heavy (non-hydrogen) atoms. The molecule has 2 aromatic heterocycles. The van der Waals surface area contributed by atoms with Gasteiger partial charge in [-0.15, -0.1) is 16.4 Å². The number of thiophene rings is 1. The predicted molar refractivity (Wildman–Crippen MR) is 76.1 cm³/mol. The van der Waals surface area contributed by atoms with Gasteiger partial charge in [0, 0.05) is 25.0 Å². The first-order chi connectivity index (χ1) is 8.79. The van der Waals surface area contributed by atoms with Crippen molar-refractivity contribution in [3.63, 3.8) is 0 Å². The molecule has 0 spiro atoms. The van der Waals surface area contributed by atoms with Gasteiger partial charge < -0.3 is 10.2 Å². The zero-order chi connectivity index (χ0) is 12.8. The van der Waals surface area contributed by atoms with Crippen LogP contribution in [0.1, 0.15) is 10.6 Å². The van der Waals surface area contributed by atoms with E-state index in [9.17, 15) is 0 Å². The third kappa shape index (κ3) is 3.51. The van der Waals surface area contributed by atoms with E-state index in [2.05, 4.69) is 45.0 Å². The molecule has 0 radical (unpaired) electrons. The minimum absolute atomic E-state index is 0.756. The van der Waals surface area contributed by atoms with Crippen LogP contribution in [0.2, 0.25) is 0 Å². The summed E-state index contributed by atoms with van der Waals surface area (Å²) in [7, 11) is 3.96. The van der Waals surface area contributed by atoms with Crippen LogP contribution in [-0.2, 0) is 13.0 Å². The Labute approximate surface area is 112 Å². The molecule has 0 aromatic carbocycles. The minimum atomic E-state index is 0.756. The summed E-state index contributed by atoms with van der Waals surface area (Å²) in [4.78, 5) is 3.54. The van der Waals surface area contributed by atoms with Gasteiger partial charge in [-0.1, -0.05) is 6.07 Å². The molecule has 0 saturated carbocycles. The Morgan fingerprint density at radius 1 is 1.28 bits per heavy atom. The second-order valence-electron chi connectivity index (χ2n) is 4.16. The highest BCUT2D eigenvalue weighted by Gasteiger charge is 2.04. The highest BCUT2D eigenvalue weighted by molar-refractivity contribution is 7.09. The van der Waals surface area contributed by atoms with Gasteiger partial charge in [0.15, 0.2) is 5.82 Å². The van der Waals surface area contributed by atoms with E-state index in [0.29, 0.717) is 0 Å². The molecule has 0 unspecified atom stereocenters. The van der Waals surface area contributed by atoms with Crippen molar-refractivity contribution in [2.24, 2.45) is 0 Å². The fraction of sp³-hybridized carbons (Fsp3) is 0.385. The summed E-state index contributed by atoms with van der Waals surface area (Å²) in [6.45, 7) is 1.72. The van der Waals surface area contributed by atoms with Crippen molar-refractivity contribution in [1.29, 1.82) is 0 Å². The van der Waals surface area contributed by atoms with Crippen LogP contribution in [0.3, 0.4) is 0 Å². The highest BCUT2D eigenvalue weighted by Crippen LogP contribution is 2.12. The van der Waals surface area contributed by atoms with Crippen LogP contribution in [0, 0.1) is 0 Å². The summed E-state index contributed by atoms with van der Waals surface area (Å²) in [5.74, 6) is 0.923. The van der Waals surface area contributed by atoms with Gasteiger partial charge in [0.2, 0.25) is 0 Å². The molecule has 2 aromatic rings. The van der Waals surface area contributed by atoms with Crippen molar-refractivity contribution in [2.75, 3.05) is 25.5 Å². The van der Waals surface area contributed by atoms with E-state index in [1.807, 2.05) is 19.2 Å². The molecule has 0 fully saturated rings. The number of hydrogen-bond donors (Lipinski definition) is 1. The van der Waals surface area contributed by atoms with Crippen LogP contribution in [-0.4, -0.2) is 30.8 Å². The molecule has 1 N–H and O–H groups in total. The van der Waals surface area contributed by atoms with Gasteiger partial charge in [-0.25, -0.2) is 0 Å². The summed E-state index contributed by atoms with van der Waals surface area (Å²) in [5.41, 5.74) is 0.966. The molecule has 0 saturated heterocycles. The highest BCUT2D eigenvalue weighted by atomic mass is 32.1. The molecule has 0 aliphatic heterocycles. The van der Waals surface area contributed by atoms with E-state index in [-0.39, 0.29) is 0 Å². The lowest BCUT2D eigenvalue weighted by atomic mass is 10.3. The van der Waals surface area contributed by atoms with E-state index < -0.39 is 0 Å². The molecule has 0 aliphatic rings. The zero-order valence-electron chi connectivity index (χ0n) is 10.8. The van der Waals surface area contributed by atoms with Crippen molar-refractivity contribution in [3.8, 4) is 0 Å². The molecule has 2 heterocycles. The molecule has 0 atom stereocenters. The summed E-state index contributed by atoms with van der Waals surface area (Å²) < 4.78 is 0. The Balaban J connectivity index is 1.89. The van der Waals surface area contributed by atoms with Gasteiger partial charge >= 0.3 is 0 Å². The number of rotatable bonds is 6. The van der Waals surface area contributed by atoms with Crippen LogP contribution in [0.25, 0.3) is 0 Å². The molecule has 0 bridgehead atoms. The molecule has 96 valence electrons. The minimum Gasteiger partial charge on any atom is -0.358 e. The second kappa shape index (κ2) is 6.47.